The molecule has 0 spiro atoms. The van der Waals surface area contributed by atoms with Crippen molar-refractivity contribution in [2.24, 2.45) is 0 Å². The molecule has 1 unspecified atom stereocenters. The van der Waals surface area contributed by atoms with Crippen LogP contribution in [0.25, 0.3) is 0 Å². The van der Waals surface area contributed by atoms with Gasteiger partial charge in [-0.3, -0.25) is 0 Å². The first-order valence-electron chi connectivity index (χ1n) is 10.0. The first kappa shape index (κ1) is 21.8. The van der Waals surface area contributed by atoms with Crippen molar-refractivity contribution in [3.05, 3.63) is 65.2 Å². The average molecular weight is 419 g/mol. The summed E-state index contributed by atoms with van der Waals surface area (Å²) in [6.07, 6.45) is 1.01. The van der Waals surface area contributed by atoms with E-state index >= 15 is 0 Å². The number of benzene rings is 2. The number of sulfonamides is 1. The molecule has 2 N–H and O–H groups in total. The molecule has 158 valence electrons. The lowest BCUT2D eigenvalue weighted by molar-refractivity contribution is -0.945. The number of anilines is 1. The Balaban J connectivity index is 1.81. The van der Waals surface area contributed by atoms with E-state index in [1.807, 2.05) is 14.1 Å². The summed E-state index contributed by atoms with van der Waals surface area (Å²) >= 11 is 0. The lowest BCUT2D eigenvalue weighted by Gasteiger charge is -2.33. The van der Waals surface area contributed by atoms with Gasteiger partial charge >= 0.3 is 0 Å². The van der Waals surface area contributed by atoms with Gasteiger partial charge in [-0.2, -0.15) is 0 Å². The van der Waals surface area contributed by atoms with Crippen molar-refractivity contribution in [3.63, 3.8) is 0 Å². The molecule has 1 aliphatic rings. The average Bonchev–Trinajstić information content (AvgIpc) is 2.72. The second-order valence-electron chi connectivity index (χ2n) is 7.80. The van der Waals surface area contributed by atoms with Crippen LogP contribution < -0.4 is 14.5 Å². The molecule has 0 saturated heterocycles. The van der Waals surface area contributed by atoms with Crippen LogP contribution in [0.2, 0.25) is 0 Å². The molecule has 2 aromatic carbocycles. The lowest BCUT2D eigenvalue weighted by Crippen LogP contribution is -3.12. The molecular weight excluding hydrogens is 386 g/mol. The SMILES string of the molecule is COCCS(=O)(=O)NC[C@@H](c1ccc(N(C)C)cc1)[NH+]1CCc2ccccc2C1. The molecule has 2 atom stereocenters. The number of hydrogen-bond acceptors (Lipinski definition) is 4. The van der Waals surface area contributed by atoms with Crippen molar-refractivity contribution in [1.82, 2.24) is 4.72 Å². The Bertz CT molecular complexity index is 898. The maximum Gasteiger partial charge on any atom is 0.214 e. The zero-order valence-electron chi connectivity index (χ0n) is 17.5. The molecule has 0 bridgehead atoms. The smallest absolute Gasteiger partial charge is 0.214 e. The van der Waals surface area contributed by atoms with Crippen molar-refractivity contribution >= 4 is 15.7 Å². The van der Waals surface area contributed by atoms with E-state index in [0.717, 1.165) is 30.8 Å². The Morgan fingerprint density at radius 2 is 1.79 bits per heavy atom. The summed E-state index contributed by atoms with van der Waals surface area (Å²) in [6, 6.07) is 17.0. The highest BCUT2D eigenvalue weighted by atomic mass is 32.2. The summed E-state index contributed by atoms with van der Waals surface area (Å²) in [5.41, 5.74) is 5.04. The highest BCUT2D eigenvalue weighted by molar-refractivity contribution is 7.89. The topological polar surface area (TPSA) is 63.1 Å². The fraction of sp³-hybridized carbons (Fsp3) is 0.455. The number of fused-ring (bicyclic) bond motifs is 1. The number of nitrogens with zero attached hydrogens (tertiary/aromatic N) is 1. The van der Waals surface area contributed by atoms with Crippen LogP contribution in [0.1, 0.15) is 22.7 Å². The zero-order valence-corrected chi connectivity index (χ0v) is 18.3. The first-order valence-corrected chi connectivity index (χ1v) is 11.7. The van der Waals surface area contributed by atoms with E-state index in [0.29, 0.717) is 6.54 Å². The molecule has 0 amide bonds. The van der Waals surface area contributed by atoms with Gasteiger partial charge in [0.15, 0.2) is 0 Å². The van der Waals surface area contributed by atoms with Crippen LogP contribution in [0.4, 0.5) is 5.69 Å². The molecule has 3 rings (SSSR count). The van der Waals surface area contributed by atoms with Crippen molar-refractivity contribution in [1.29, 1.82) is 0 Å². The summed E-state index contributed by atoms with van der Waals surface area (Å²) in [5.74, 6) is -0.0199. The van der Waals surface area contributed by atoms with Crippen LogP contribution in [0.15, 0.2) is 48.5 Å². The Morgan fingerprint density at radius 3 is 2.45 bits per heavy atom. The Hall–Kier alpha value is -1.93. The number of quaternary nitrogens is 1. The molecule has 2 aromatic rings. The Morgan fingerprint density at radius 1 is 1.10 bits per heavy atom. The van der Waals surface area contributed by atoms with E-state index in [1.54, 1.807) is 0 Å². The van der Waals surface area contributed by atoms with E-state index < -0.39 is 10.0 Å². The molecular formula is C22H32N3O3S+. The predicted octanol–water partition coefficient (Wildman–Crippen LogP) is 1.00. The highest BCUT2D eigenvalue weighted by Gasteiger charge is 2.29. The monoisotopic (exact) mass is 418 g/mol. The lowest BCUT2D eigenvalue weighted by atomic mass is 9.96. The van der Waals surface area contributed by atoms with E-state index in [9.17, 15) is 8.42 Å². The molecule has 0 saturated carbocycles. The summed E-state index contributed by atoms with van der Waals surface area (Å²) < 4.78 is 32.4. The zero-order chi connectivity index (χ0) is 20.9. The van der Waals surface area contributed by atoms with Gasteiger partial charge in [0, 0.05) is 44.4 Å². The Labute approximate surface area is 174 Å². The van der Waals surface area contributed by atoms with Gasteiger partial charge in [-0.15, -0.1) is 0 Å². The number of methoxy groups -OCH3 is 1. The third kappa shape index (κ3) is 5.79. The normalized spacial score (nSPS) is 17.6. The summed E-state index contributed by atoms with van der Waals surface area (Å²) in [5, 5.41) is 0. The maximum atomic E-state index is 12.3. The number of nitrogens with one attached hydrogen (secondary N) is 2. The van der Waals surface area contributed by atoms with Gasteiger partial charge in [0.1, 0.15) is 12.6 Å². The van der Waals surface area contributed by atoms with Crippen molar-refractivity contribution in [2.45, 2.75) is 19.0 Å². The third-order valence-corrected chi connectivity index (χ3v) is 6.93. The van der Waals surface area contributed by atoms with Gasteiger partial charge in [0.2, 0.25) is 10.0 Å². The molecule has 6 nitrogen and oxygen atoms in total. The maximum absolute atomic E-state index is 12.3. The molecule has 29 heavy (non-hydrogen) atoms. The van der Waals surface area contributed by atoms with Gasteiger partial charge in [0.05, 0.1) is 25.4 Å². The first-order chi connectivity index (χ1) is 13.9. The second kappa shape index (κ2) is 9.71. The van der Waals surface area contributed by atoms with Gasteiger partial charge in [0.25, 0.3) is 0 Å². The fourth-order valence-corrected chi connectivity index (χ4v) is 4.83. The van der Waals surface area contributed by atoms with Crippen LogP contribution in [0.3, 0.4) is 0 Å². The van der Waals surface area contributed by atoms with E-state index in [-0.39, 0.29) is 18.4 Å². The fourth-order valence-electron chi connectivity index (χ4n) is 3.88. The molecule has 0 fully saturated rings. The van der Waals surface area contributed by atoms with Crippen LogP contribution in [-0.2, 0) is 27.7 Å². The van der Waals surface area contributed by atoms with Crippen molar-refractivity contribution < 1.29 is 18.1 Å². The highest BCUT2D eigenvalue weighted by Crippen LogP contribution is 2.18. The largest absolute Gasteiger partial charge is 0.384 e. The quantitative estimate of drug-likeness (QED) is 0.638. The minimum Gasteiger partial charge on any atom is -0.384 e. The summed E-state index contributed by atoms with van der Waals surface area (Å²) in [4.78, 5) is 3.45. The molecule has 1 heterocycles. The molecule has 0 aliphatic carbocycles. The number of hydrogen-bond donors (Lipinski definition) is 2. The summed E-state index contributed by atoms with van der Waals surface area (Å²) in [6.45, 7) is 2.46. The van der Waals surface area contributed by atoms with E-state index in [1.165, 1.54) is 23.1 Å². The Kier molecular flexibility index (Phi) is 7.29. The standard InChI is InChI=1S/C22H31N3O3S/c1-24(2)21-10-8-19(9-11-21)22(16-23-29(26,27)15-14-28-3)25-13-12-18-6-4-5-7-20(18)17-25/h4-11,22-23H,12-17H2,1-3H3/p+1/t22-/m0/s1. The number of rotatable bonds is 9. The van der Waals surface area contributed by atoms with Gasteiger partial charge in [-0.25, -0.2) is 13.1 Å². The van der Waals surface area contributed by atoms with Crippen LogP contribution >= 0.6 is 0 Å². The van der Waals surface area contributed by atoms with E-state index in [4.69, 9.17) is 4.74 Å². The summed E-state index contributed by atoms with van der Waals surface area (Å²) in [7, 11) is 2.18. The minimum absolute atomic E-state index is 0.0199. The number of ether oxygens (including phenoxy) is 1. The predicted molar refractivity (Wildman–Crippen MR) is 117 cm³/mol. The van der Waals surface area contributed by atoms with Crippen LogP contribution in [-0.4, -0.2) is 55.1 Å². The van der Waals surface area contributed by atoms with Crippen molar-refractivity contribution in [3.8, 4) is 0 Å². The minimum atomic E-state index is -3.36. The molecule has 0 radical (unpaired) electrons. The third-order valence-electron chi connectivity index (χ3n) is 5.62. The van der Waals surface area contributed by atoms with Gasteiger partial charge in [-0.05, 0) is 17.7 Å². The van der Waals surface area contributed by atoms with E-state index in [2.05, 4.69) is 58.2 Å². The van der Waals surface area contributed by atoms with Gasteiger partial charge in [-0.1, -0.05) is 36.4 Å². The van der Waals surface area contributed by atoms with Crippen LogP contribution in [0.5, 0.6) is 0 Å². The van der Waals surface area contributed by atoms with Crippen molar-refractivity contribution in [2.75, 3.05) is 51.6 Å². The molecule has 0 aromatic heterocycles. The van der Waals surface area contributed by atoms with Crippen LogP contribution in [0, 0.1) is 0 Å². The van der Waals surface area contributed by atoms with Gasteiger partial charge < -0.3 is 14.5 Å². The molecule has 7 heteroatoms. The molecule has 1 aliphatic heterocycles. The second-order valence-corrected chi connectivity index (χ2v) is 9.73.